The summed E-state index contributed by atoms with van der Waals surface area (Å²) in [5.41, 5.74) is 5.77. The maximum atomic E-state index is 10.9. The van der Waals surface area contributed by atoms with Gasteiger partial charge < -0.3 is 10.8 Å². The van der Waals surface area contributed by atoms with E-state index in [1.54, 1.807) is 0 Å². The molecule has 102 valence electrons. The van der Waals surface area contributed by atoms with Crippen molar-refractivity contribution >= 4 is 0 Å². The fourth-order valence-electron chi connectivity index (χ4n) is 3.38. The van der Waals surface area contributed by atoms with E-state index in [0.29, 0.717) is 17.9 Å². The Morgan fingerprint density at radius 2 is 1.65 bits per heavy atom. The summed E-state index contributed by atoms with van der Waals surface area (Å²) in [7, 11) is 0. The van der Waals surface area contributed by atoms with E-state index in [2.05, 4.69) is 27.7 Å². The second-order valence-electron chi connectivity index (χ2n) is 7.52. The molecule has 17 heavy (non-hydrogen) atoms. The molecule has 3 N–H and O–H groups in total. The molecular weight excluding hydrogens is 210 g/mol. The second-order valence-corrected chi connectivity index (χ2v) is 7.52. The maximum absolute atomic E-state index is 10.9. The number of hydrogen-bond donors (Lipinski definition) is 2. The lowest BCUT2D eigenvalue weighted by atomic mass is 9.57. The monoisotopic (exact) mass is 241 g/mol. The van der Waals surface area contributed by atoms with E-state index >= 15 is 0 Å². The molecule has 0 saturated heterocycles. The van der Waals surface area contributed by atoms with Gasteiger partial charge in [-0.3, -0.25) is 0 Å². The van der Waals surface area contributed by atoms with Crippen molar-refractivity contribution in [2.45, 2.75) is 72.3 Å². The molecule has 0 aliphatic heterocycles. The molecule has 1 aliphatic carbocycles. The predicted octanol–water partition coefficient (Wildman–Crippen LogP) is 3.33. The number of aliphatic hydroxyl groups is 1. The Morgan fingerprint density at radius 1 is 1.18 bits per heavy atom. The molecule has 1 fully saturated rings. The SMILES string of the molecule is CC(C)CC(C)(O)C1(CN)CCC(C)(C)CC1. The summed E-state index contributed by atoms with van der Waals surface area (Å²) in [6, 6.07) is 0. The van der Waals surface area contributed by atoms with E-state index in [1.165, 1.54) is 12.8 Å². The fourth-order valence-corrected chi connectivity index (χ4v) is 3.38. The van der Waals surface area contributed by atoms with E-state index in [0.717, 1.165) is 19.3 Å². The van der Waals surface area contributed by atoms with Crippen molar-refractivity contribution < 1.29 is 5.11 Å². The van der Waals surface area contributed by atoms with Crippen LogP contribution < -0.4 is 5.73 Å². The minimum Gasteiger partial charge on any atom is -0.390 e. The van der Waals surface area contributed by atoms with E-state index in [1.807, 2.05) is 6.92 Å². The van der Waals surface area contributed by atoms with Crippen LogP contribution in [-0.2, 0) is 0 Å². The molecule has 1 aliphatic rings. The Balaban J connectivity index is 2.83. The smallest absolute Gasteiger partial charge is 0.0690 e. The normalized spacial score (nSPS) is 26.8. The maximum Gasteiger partial charge on any atom is 0.0690 e. The molecule has 0 heterocycles. The van der Waals surface area contributed by atoms with Crippen molar-refractivity contribution in [3.63, 3.8) is 0 Å². The molecule has 2 nitrogen and oxygen atoms in total. The average Bonchev–Trinajstić information content (AvgIpc) is 2.16. The van der Waals surface area contributed by atoms with Gasteiger partial charge in [0, 0.05) is 12.0 Å². The first-order valence-corrected chi connectivity index (χ1v) is 7.07. The number of rotatable bonds is 4. The van der Waals surface area contributed by atoms with E-state index < -0.39 is 5.60 Å². The van der Waals surface area contributed by atoms with Crippen LogP contribution in [0.2, 0.25) is 0 Å². The van der Waals surface area contributed by atoms with Gasteiger partial charge in [0.2, 0.25) is 0 Å². The van der Waals surface area contributed by atoms with E-state index in [9.17, 15) is 5.11 Å². The van der Waals surface area contributed by atoms with Crippen LogP contribution in [0.3, 0.4) is 0 Å². The minimum absolute atomic E-state index is 0.0627. The Morgan fingerprint density at radius 3 is 2.00 bits per heavy atom. The van der Waals surface area contributed by atoms with Crippen LogP contribution in [0.5, 0.6) is 0 Å². The molecule has 0 aromatic heterocycles. The van der Waals surface area contributed by atoms with E-state index in [-0.39, 0.29) is 5.41 Å². The molecule has 0 aromatic carbocycles. The molecule has 0 spiro atoms. The van der Waals surface area contributed by atoms with Gasteiger partial charge in [0.05, 0.1) is 5.60 Å². The molecule has 1 atom stereocenters. The topological polar surface area (TPSA) is 46.2 Å². The Hall–Kier alpha value is -0.0800. The van der Waals surface area contributed by atoms with Gasteiger partial charge in [0.25, 0.3) is 0 Å². The summed E-state index contributed by atoms with van der Waals surface area (Å²) in [5.74, 6) is 0.517. The number of hydrogen-bond acceptors (Lipinski definition) is 2. The predicted molar refractivity (Wildman–Crippen MR) is 73.8 cm³/mol. The van der Waals surface area contributed by atoms with Crippen molar-refractivity contribution in [1.82, 2.24) is 0 Å². The van der Waals surface area contributed by atoms with Gasteiger partial charge in [0.15, 0.2) is 0 Å². The summed E-state index contributed by atoms with van der Waals surface area (Å²) in [6.07, 6.45) is 5.34. The van der Waals surface area contributed by atoms with Crippen molar-refractivity contribution in [3.05, 3.63) is 0 Å². The van der Waals surface area contributed by atoms with Crippen molar-refractivity contribution in [1.29, 1.82) is 0 Å². The summed E-state index contributed by atoms with van der Waals surface area (Å²) in [6.45, 7) is 11.6. The Bertz CT molecular complexity index is 246. The Labute approximate surface area is 107 Å². The fraction of sp³-hybridized carbons (Fsp3) is 1.00. The lowest BCUT2D eigenvalue weighted by Gasteiger charge is -2.51. The van der Waals surface area contributed by atoms with Crippen LogP contribution in [0.15, 0.2) is 0 Å². The Kier molecular flexibility index (Phi) is 4.31. The standard InChI is InChI=1S/C15H31NO/c1-12(2)10-14(5,17)15(11-16)8-6-13(3,4)7-9-15/h12,17H,6-11,16H2,1-5H3. The molecule has 0 radical (unpaired) electrons. The summed E-state index contributed by atoms with van der Waals surface area (Å²) < 4.78 is 0. The zero-order valence-corrected chi connectivity index (χ0v) is 12.3. The van der Waals surface area contributed by atoms with Gasteiger partial charge in [-0.2, -0.15) is 0 Å². The van der Waals surface area contributed by atoms with Gasteiger partial charge in [-0.15, -0.1) is 0 Å². The molecule has 0 aromatic rings. The molecule has 1 unspecified atom stereocenters. The van der Waals surface area contributed by atoms with Gasteiger partial charge in [-0.05, 0) is 50.4 Å². The molecule has 1 rings (SSSR count). The summed E-state index contributed by atoms with van der Waals surface area (Å²) in [4.78, 5) is 0. The molecule has 1 saturated carbocycles. The van der Waals surface area contributed by atoms with Crippen LogP contribution in [0.1, 0.15) is 66.7 Å². The zero-order chi connectivity index (χ0) is 13.3. The van der Waals surface area contributed by atoms with Gasteiger partial charge in [-0.1, -0.05) is 27.7 Å². The lowest BCUT2D eigenvalue weighted by molar-refractivity contribution is -0.110. The average molecular weight is 241 g/mol. The molecule has 0 amide bonds. The summed E-state index contributed by atoms with van der Waals surface area (Å²) >= 11 is 0. The first kappa shape index (κ1) is 15.0. The third-order valence-corrected chi connectivity index (χ3v) is 4.90. The molecule has 2 heteroatoms. The van der Waals surface area contributed by atoms with Crippen molar-refractivity contribution in [3.8, 4) is 0 Å². The van der Waals surface area contributed by atoms with E-state index in [4.69, 9.17) is 5.73 Å². The van der Waals surface area contributed by atoms with Crippen LogP contribution >= 0.6 is 0 Å². The quantitative estimate of drug-likeness (QED) is 0.793. The van der Waals surface area contributed by atoms with Crippen molar-refractivity contribution in [2.75, 3.05) is 6.54 Å². The second kappa shape index (κ2) is 4.89. The first-order valence-electron chi connectivity index (χ1n) is 7.07. The number of nitrogens with two attached hydrogens (primary N) is 1. The first-order chi connectivity index (χ1) is 7.64. The highest BCUT2D eigenvalue weighted by atomic mass is 16.3. The summed E-state index contributed by atoms with van der Waals surface area (Å²) in [5, 5.41) is 10.9. The van der Waals surface area contributed by atoms with Gasteiger partial charge in [-0.25, -0.2) is 0 Å². The third kappa shape index (κ3) is 3.23. The van der Waals surface area contributed by atoms with Crippen LogP contribution in [0.25, 0.3) is 0 Å². The van der Waals surface area contributed by atoms with Crippen LogP contribution in [0.4, 0.5) is 0 Å². The lowest BCUT2D eigenvalue weighted by Crippen LogP contribution is -2.54. The third-order valence-electron chi connectivity index (χ3n) is 4.90. The largest absolute Gasteiger partial charge is 0.390 e. The van der Waals surface area contributed by atoms with Gasteiger partial charge in [0.1, 0.15) is 0 Å². The highest BCUT2D eigenvalue weighted by molar-refractivity contribution is 5.01. The minimum atomic E-state index is -0.619. The van der Waals surface area contributed by atoms with Crippen molar-refractivity contribution in [2.24, 2.45) is 22.5 Å². The highest BCUT2D eigenvalue weighted by Gasteiger charge is 2.49. The molecule has 0 bridgehead atoms. The van der Waals surface area contributed by atoms with Gasteiger partial charge >= 0.3 is 0 Å². The van der Waals surface area contributed by atoms with Crippen LogP contribution in [0, 0.1) is 16.7 Å². The molecular formula is C15H31NO. The zero-order valence-electron chi connectivity index (χ0n) is 12.3. The van der Waals surface area contributed by atoms with Crippen LogP contribution in [-0.4, -0.2) is 17.3 Å². The highest BCUT2D eigenvalue weighted by Crippen LogP contribution is 2.51.